The molecular weight excluding hydrogens is 677 g/mol. The first kappa shape index (κ1) is 31.9. The maximum atomic E-state index is 4.93. The summed E-state index contributed by atoms with van der Waals surface area (Å²) in [7, 11) is 0. The van der Waals surface area contributed by atoms with E-state index in [0.717, 1.165) is 21.8 Å². The highest BCUT2D eigenvalue weighted by Crippen LogP contribution is 2.66. The highest BCUT2D eigenvalue weighted by molar-refractivity contribution is 6.17. The molecule has 0 radical (unpaired) electrons. The van der Waals surface area contributed by atoms with Crippen molar-refractivity contribution in [3.63, 3.8) is 0 Å². The Morgan fingerprint density at radius 2 is 0.982 bits per heavy atom. The maximum Gasteiger partial charge on any atom is 0.0970 e. The van der Waals surface area contributed by atoms with Gasteiger partial charge in [-0.15, -0.1) is 0 Å². The van der Waals surface area contributed by atoms with Gasteiger partial charge in [0.05, 0.1) is 16.4 Å². The van der Waals surface area contributed by atoms with Crippen molar-refractivity contribution < 1.29 is 0 Å². The van der Waals surface area contributed by atoms with Crippen molar-refractivity contribution in [3.05, 3.63) is 191 Å². The van der Waals surface area contributed by atoms with Crippen LogP contribution in [-0.2, 0) is 16.2 Å². The molecule has 0 N–H and O–H groups in total. The molecule has 2 aromatic heterocycles. The molecule has 0 saturated carbocycles. The zero-order chi connectivity index (χ0) is 37.7. The lowest BCUT2D eigenvalue weighted by Gasteiger charge is -2.31. The van der Waals surface area contributed by atoms with Gasteiger partial charge in [-0.2, -0.15) is 0 Å². The highest BCUT2D eigenvalue weighted by Gasteiger charge is 2.53. The second kappa shape index (κ2) is 10.7. The van der Waals surface area contributed by atoms with Crippen molar-refractivity contribution in [2.45, 2.75) is 50.9 Å². The summed E-state index contributed by atoms with van der Waals surface area (Å²) in [5.74, 6) is 0. The number of fused-ring (bicyclic) bond motifs is 18. The van der Waals surface area contributed by atoms with Crippen molar-refractivity contribution in [1.29, 1.82) is 0 Å². The molecule has 2 nitrogen and oxygen atoms in total. The summed E-state index contributed by atoms with van der Waals surface area (Å²) >= 11 is 0. The highest BCUT2D eigenvalue weighted by atomic mass is 14.7. The monoisotopic (exact) mass is 716 g/mol. The lowest BCUT2D eigenvalue weighted by molar-refractivity contribution is 0.584. The van der Waals surface area contributed by atoms with E-state index in [1.165, 1.54) is 94.2 Å². The second-order valence-electron chi connectivity index (χ2n) is 17.7. The van der Waals surface area contributed by atoms with E-state index in [4.69, 9.17) is 9.97 Å². The van der Waals surface area contributed by atoms with Gasteiger partial charge in [-0.1, -0.05) is 138 Å². The summed E-state index contributed by atoms with van der Waals surface area (Å²) in [6.45, 7) is 11.8. The first-order valence-corrected chi connectivity index (χ1v) is 19.9. The van der Waals surface area contributed by atoms with Gasteiger partial charge in [0, 0.05) is 28.6 Å². The van der Waals surface area contributed by atoms with Crippen LogP contribution in [0.25, 0.3) is 77.1 Å². The van der Waals surface area contributed by atoms with Gasteiger partial charge in [0.1, 0.15) is 0 Å². The first-order valence-electron chi connectivity index (χ1n) is 19.9. The number of pyridine rings is 2. The smallest absolute Gasteiger partial charge is 0.0970 e. The van der Waals surface area contributed by atoms with Crippen LogP contribution in [0.5, 0.6) is 0 Å². The van der Waals surface area contributed by atoms with E-state index < -0.39 is 5.41 Å². The number of aromatic nitrogens is 2. The van der Waals surface area contributed by atoms with E-state index in [2.05, 4.69) is 168 Å². The zero-order valence-electron chi connectivity index (χ0n) is 32.3. The fraction of sp³-hybridized carbons (Fsp3) is 0.148. The number of benzene rings is 7. The molecule has 0 unspecified atom stereocenters. The van der Waals surface area contributed by atoms with Crippen LogP contribution in [0.4, 0.5) is 0 Å². The van der Waals surface area contributed by atoms with E-state index in [0.29, 0.717) is 0 Å². The minimum absolute atomic E-state index is 0.0709. The van der Waals surface area contributed by atoms with Gasteiger partial charge in [-0.25, -0.2) is 0 Å². The number of hydrogen-bond donors (Lipinski definition) is 0. The molecule has 2 heterocycles. The third-order valence-electron chi connectivity index (χ3n) is 13.5. The van der Waals surface area contributed by atoms with Crippen LogP contribution in [0.1, 0.15) is 73.6 Å². The molecule has 0 aliphatic heterocycles. The Labute approximate surface area is 327 Å². The van der Waals surface area contributed by atoms with Crippen molar-refractivity contribution in [3.8, 4) is 44.5 Å². The Morgan fingerprint density at radius 3 is 1.73 bits per heavy atom. The van der Waals surface area contributed by atoms with Crippen LogP contribution in [0, 0.1) is 0 Å². The van der Waals surface area contributed by atoms with Crippen molar-refractivity contribution in [1.82, 2.24) is 9.97 Å². The molecule has 2 heteroatoms. The molecule has 3 aliphatic carbocycles. The van der Waals surface area contributed by atoms with Crippen LogP contribution >= 0.6 is 0 Å². The maximum absolute atomic E-state index is 4.93. The van der Waals surface area contributed by atoms with Crippen molar-refractivity contribution in [2.24, 2.45) is 0 Å². The summed E-state index contributed by atoms with van der Waals surface area (Å²) in [5, 5.41) is 4.75. The average molecular weight is 717 g/mol. The third kappa shape index (κ3) is 3.87. The fourth-order valence-electron chi connectivity index (χ4n) is 10.9. The van der Waals surface area contributed by atoms with E-state index in [1.54, 1.807) is 0 Å². The van der Waals surface area contributed by atoms with E-state index in [-0.39, 0.29) is 10.8 Å². The van der Waals surface area contributed by atoms with Crippen LogP contribution < -0.4 is 0 Å². The van der Waals surface area contributed by atoms with Gasteiger partial charge in [0.15, 0.2) is 0 Å². The predicted octanol–water partition coefficient (Wildman–Crippen LogP) is 13.6. The van der Waals surface area contributed by atoms with Gasteiger partial charge in [0.25, 0.3) is 0 Å². The van der Waals surface area contributed by atoms with Gasteiger partial charge < -0.3 is 0 Å². The topological polar surface area (TPSA) is 25.8 Å². The van der Waals surface area contributed by atoms with Crippen LogP contribution in [0.3, 0.4) is 0 Å². The van der Waals surface area contributed by atoms with Gasteiger partial charge >= 0.3 is 0 Å². The SMILES string of the molecule is CC(C)(C)c1ccc2c(c1)C(C)(C)c1cc3c(cc1-2)C1(c2ccccc2-c2ccccc21)c1cc(-c2cc4cccnc4c4ncccc24)c2ccccc2c1-3. The molecule has 7 aromatic carbocycles. The lowest BCUT2D eigenvalue weighted by Crippen LogP contribution is -2.26. The van der Waals surface area contributed by atoms with Crippen LogP contribution in [0.2, 0.25) is 0 Å². The fourth-order valence-corrected chi connectivity index (χ4v) is 10.9. The molecule has 0 fully saturated rings. The molecule has 0 atom stereocenters. The predicted molar refractivity (Wildman–Crippen MR) is 233 cm³/mol. The Kier molecular flexibility index (Phi) is 6.09. The van der Waals surface area contributed by atoms with Gasteiger partial charge in [-0.3, -0.25) is 9.97 Å². The summed E-state index contributed by atoms with van der Waals surface area (Å²) in [4.78, 5) is 9.75. The quantitative estimate of drug-likeness (QED) is 0.158. The minimum atomic E-state index is -0.504. The molecule has 0 saturated heterocycles. The molecule has 0 amide bonds. The largest absolute Gasteiger partial charge is 0.254 e. The minimum Gasteiger partial charge on any atom is -0.254 e. The summed E-state index contributed by atoms with van der Waals surface area (Å²) in [6.07, 6.45) is 3.76. The van der Waals surface area contributed by atoms with E-state index in [1.807, 2.05) is 18.5 Å². The van der Waals surface area contributed by atoms with Crippen LogP contribution in [0.15, 0.2) is 152 Å². The van der Waals surface area contributed by atoms with Crippen LogP contribution in [-0.4, -0.2) is 9.97 Å². The lowest BCUT2D eigenvalue weighted by atomic mass is 9.69. The third-order valence-corrected chi connectivity index (χ3v) is 13.5. The second-order valence-corrected chi connectivity index (χ2v) is 17.7. The Hall–Kier alpha value is -6.38. The van der Waals surface area contributed by atoms with Crippen molar-refractivity contribution in [2.75, 3.05) is 0 Å². The normalized spacial score (nSPS) is 15.2. The number of nitrogens with zero attached hydrogens (tertiary/aromatic N) is 2. The van der Waals surface area contributed by atoms with Gasteiger partial charge in [-0.05, 0) is 136 Å². The molecule has 56 heavy (non-hydrogen) atoms. The standard InChI is InChI=1S/C54H40N2/c1-52(2,3)32-22-23-36-41-29-47-42(30-46(41)53(4,5)45(36)27-32)49-37-18-7-6-15-33(37)40(39-26-31-14-12-24-55-50(31)51-38(39)19-13-25-56-51)28-48(49)54(47)43-20-10-8-16-34(43)35-17-9-11-21-44(35)54/h6-30H,1-5H3. The Bertz CT molecular complexity index is 3170. The molecule has 12 rings (SSSR count). The summed E-state index contributed by atoms with van der Waals surface area (Å²) in [6, 6.07) is 53.2. The van der Waals surface area contributed by atoms with Gasteiger partial charge in [0.2, 0.25) is 0 Å². The van der Waals surface area contributed by atoms with E-state index >= 15 is 0 Å². The molecule has 0 bridgehead atoms. The molecular formula is C54H40N2. The first-order chi connectivity index (χ1) is 27.2. The summed E-state index contributed by atoms with van der Waals surface area (Å²) in [5.41, 5.74) is 21.4. The van der Waals surface area contributed by atoms with Crippen molar-refractivity contribution >= 4 is 32.6 Å². The van der Waals surface area contributed by atoms with E-state index in [9.17, 15) is 0 Å². The number of rotatable bonds is 1. The Morgan fingerprint density at radius 1 is 0.411 bits per heavy atom. The average Bonchev–Trinajstić information content (AvgIpc) is 3.77. The molecule has 3 aliphatic rings. The molecule has 9 aromatic rings. The molecule has 266 valence electrons. The number of hydrogen-bond acceptors (Lipinski definition) is 2. The zero-order valence-corrected chi connectivity index (χ0v) is 32.3. The summed E-state index contributed by atoms with van der Waals surface area (Å²) < 4.78 is 0. The molecule has 1 spiro atoms. The Balaban J connectivity index is 1.25.